The minimum absolute atomic E-state index is 0.223. The van der Waals surface area contributed by atoms with Crippen LogP contribution in [0.4, 0.5) is 0 Å². The van der Waals surface area contributed by atoms with E-state index in [1.54, 1.807) is 6.92 Å². The van der Waals surface area contributed by atoms with Crippen LogP contribution in [-0.4, -0.2) is 72.5 Å². The highest BCUT2D eigenvalue weighted by atomic mass is 16.2. The monoisotopic (exact) mass is 329 g/mol. The Morgan fingerprint density at radius 2 is 1.88 bits per heavy atom. The normalized spacial score (nSPS) is 26.5. The molecule has 0 bridgehead atoms. The van der Waals surface area contributed by atoms with Crippen molar-refractivity contribution < 1.29 is 4.79 Å². The van der Waals surface area contributed by atoms with Crippen molar-refractivity contribution in [3.8, 4) is 0 Å². The van der Waals surface area contributed by atoms with Crippen LogP contribution in [0, 0.1) is 5.92 Å². The topological polar surface area (TPSA) is 26.8 Å². The van der Waals surface area contributed by atoms with Crippen molar-refractivity contribution in [2.24, 2.45) is 5.92 Å². The third-order valence-electron chi connectivity index (χ3n) is 5.65. The summed E-state index contributed by atoms with van der Waals surface area (Å²) in [6.07, 6.45) is 2.24. The van der Waals surface area contributed by atoms with Gasteiger partial charge < -0.3 is 9.80 Å². The van der Waals surface area contributed by atoms with Crippen LogP contribution in [0.5, 0.6) is 0 Å². The molecule has 4 heteroatoms. The highest BCUT2D eigenvalue weighted by Gasteiger charge is 2.34. The Morgan fingerprint density at radius 3 is 2.62 bits per heavy atom. The lowest BCUT2D eigenvalue weighted by atomic mass is 10.0. The first kappa shape index (κ1) is 17.4. The van der Waals surface area contributed by atoms with Gasteiger partial charge in [0.1, 0.15) is 0 Å². The molecule has 2 fully saturated rings. The van der Waals surface area contributed by atoms with Crippen LogP contribution in [0.1, 0.15) is 25.8 Å². The highest BCUT2D eigenvalue weighted by Crippen LogP contribution is 2.23. The molecule has 3 rings (SSSR count). The van der Waals surface area contributed by atoms with Crippen LogP contribution in [0.25, 0.3) is 0 Å². The summed E-state index contributed by atoms with van der Waals surface area (Å²) in [5.41, 5.74) is 1.43. The summed E-state index contributed by atoms with van der Waals surface area (Å²) in [5, 5.41) is 0. The smallest absolute Gasteiger partial charge is 0.219 e. The quantitative estimate of drug-likeness (QED) is 0.846. The predicted molar refractivity (Wildman–Crippen MR) is 98.0 cm³/mol. The fourth-order valence-corrected chi connectivity index (χ4v) is 4.22. The zero-order valence-corrected chi connectivity index (χ0v) is 15.2. The first-order chi connectivity index (χ1) is 11.6. The Hall–Kier alpha value is -1.39. The first-order valence-electron chi connectivity index (χ1n) is 9.39. The third kappa shape index (κ3) is 4.37. The molecule has 0 aliphatic carbocycles. The van der Waals surface area contributed by atoms with Gasteiger partial charge in [0.2, 0.25) is 5.91 Å². The molecule has 4 nitrogen and oxygen atoms in total. The van der Waals surface area contributed by atoms with E-state index >= 15 is 0 Å². The maximum absolute atomic E-state index is 11.6. The lowest BCUT2D eigenvalue weighted by molar-refractivity contribution is -0.128. The number of likely N-dealkylation sites (tertiary alicyclic amines) is 1. The van der Waals surface area contributed by atoms with E-state index in [-0.39, 0.29) is 5.91 Å². The molecule has 2 saturated heterocycles. The molecule has 1 aromatic carbocycles. The predicted octanol–water partition coefficient (Wildman–Crippen LogP) is 2.10. The van der Waals surface area contributed by atoms with E-state index in [0.717, 1.165) is 45.6 Å². The molecule has 1 aromatic rings. The number of benzene rings is 1. The Kier molecular flexibility index (Phi) is 5.90. The van der Waals surface area contributed by atoms with E-state index in [1.807, 2.05) is 4.90 Å². The van der Waals surface area contributed by atoms with Crippen LogP contribution in [-0.2, 0) is 11.2 Å². The van der Waals surface area contributed by atoms with Gasteiger partial charge in [-0.05, 0) is 24.3 Å². The summed E-state index contributed by atoms with van der Waals surface area (Å²) in [6.45, 7) is 11.6. The second-order valence-electron chi connectivity index (χ2n) is 7.44. The molecule has 2 aliphatic heterocycles. The van der Waals surface area contributed by atoms with Crippen molar-refractivity contribution >= 4 is 5.91 Å². The molecule has 24 heavy (non-hydrogen) atoms. The number of amides is 1. The molecule has 0 N–H and O–H groups in total. The van der Waals surface area contributed by atoms with Crippen LogP contribution >= 0.6 is 0 Å². The number of nitrogens with zero attached hydrogens (tertiary/aromatic N) is 3. The largest absolute Gasteiger partial charge is 0.342 e. The molecule has 132 valence electrons. The molecule has 2 aliphatic rings. The number of carbonyl (C=O) groups is 1. The number of hydrogen-bond acceptors (Lipinski definition) is 3. The van der Waals surface area contributed by atoms with E-state index < -0.39 is 0 Å². The van der Waals surface area contributed by atoms with E-state index in [4.69, 9.17) is 0 Å². The molecule has 2 heterocycles. The number of carbonyl (C=O) groups excluding carboxylic acids is 1. The van der Waals surface area contributed by atoms with E-state index in [0.29, 0.717) is 12.0 Å². The van der Waals surface area contributed by atoms with Gasteiger partial charge in [0.25, 0.3) is 0 Å². The zero-order valence-electron chi connectivity index (χ0n) is 15.2. The number of hydrogen-bond donors (Lipinski definition) is 0. The van der Waals surface area contributed by atoms with Gasteiger partial charge in [-0.3, -0.25) is 9.69 Å². The average Bonchev–Trinajstić information content (AvgIpc) is 2.80. The summed E-state index contributed by atoms with van der Waals surface area (Å²) in [4.78, 5) is 18.9. The summed E-state index contributed by atoms with van der Waals surface area (Å²) < 4.78 is 0. The van der Waals surface area contributed by atoms with E-state index in [2.05, 4.69) is 47.1 Å². The third-order valence-corrected chi connectivity index (χ3v) is 5.65. The average molecular weight is 329 g/mol. The summed E-state index contributed by atoms with van der Waals surface area (Å²) >= 11 is 0. The Bertz CT molecular complexity index is 533. The summed E-state index contributed by atoms with van der Waals surface area (Å²) in [6, 6.07) is 11.4. The molecule has 0 aromatic heterocycles. The second kappa shape index (κ2) is 8.13. The van der Waals surface area contributed by atoms with Gasteiger partial charge in [0.05, 0.1) is 0 Å². The van der Waals surface area contributed by atoms with Gasteiger partial charge in [-0.15, -0.1) is 0 Å². The fourth-order valence-electron chi connectivity index (χ4n) is 4.22. The van der Waals surface area contributed by atoms with Gasteiger partial charge in [-0.1, -0.05) is 37.3 Å². The summed E-state index contributed by atoms with van der Waals surface area (Å²) in [5.74, 6) is 0.936. The Balaban J connectivity index is 1.51. The van der Waals surface area contributed by atoms with E-state index in [9.17, 15) is 4.79 Å². The van der Waals surface area contributed by atoms with Gasteiger partial charge >= 0.3 is 0 Å². The van der Waals surface area contributed by atoms with Crippen molar-refractivity contribution in [1.82, 2.24) is 14.7 Å². The van der Waals surface area contributed by atoms with E-state index in [1.165, 1.54) is 18.7 Å². The van der Waals surface area contributed by atoms with Crippen LogP contribution in [0.3, 0.4) is 0 Å². The van der Waals surface area contributed by atoms with Gasteiger partial charge in [-0.2, -0.15) is 0 Å². The van der Waals surface area contributed by atoms with Gasteiger partial charge in [0.15, 0.2) is 0 Å². The zero-order chi connectivity index (χ0) is 16.9. The number of rotatable bonds is 4. The Labute approximate surface area is 146 Å². The van der Waals surface area contributed by atoms with Crippen LogP contribution in [0.2, 0.25) is 0 Å². The van der Waals surface area contributed by atoms with Crippen molar-refractivity contribution in [2.45, 2.75) is 32.7 Å². The minimum Gasteiger partial charge on any atom is -0.342 e. The van der Waals surface area contributed by atoms with Gasteiger partial charge in [0, 0.05) is 58.8 Å². The van der Waals surface area contributed by atoms with Gasteiger partial charge in [-0.25, -0.2) is 0 Å². The van der Waals surface area contributed by atoms with Crippen molar-refractivity contribution in [3.05, 3.63) is 35.9 Å². The van der Waals surface area contributed by atoms with Crippen LogP contribution < -0.4 is 0 Å². The molecule has 0 radical (unpaired) electrons. The second-order valence-corrected chi connectivity index (χ2v) is 7.44. The maximum Gasteiger partial charge on any atom is 0.219 e. The van der Waals surface area contributed by atoms with Crippen molar-refractivity contribution in [1.29, 1.82) is 0 Å². The van der Waals surface area contributed by atoms with Crippen molar-refractivity contribution in [2.75, 3.05) is 45.8 Å². The molecule has 0 spiro atoms. The molecule has 0 unspecified atom stereocenters. The lowest BCUT2D eigenvalue weighted by Gasteiger charge is -2.30. The minimum atomic E-state index is 0.223. The lowest BCUT2D eigenvalue weighted by Crippen LogP contribution is -2.43. The first-order valence-corrected chi connectivity index (χ1v) is 9.39. The molecule has 2 atom stereocenters. The summed E-state index contributed by atoms with van der Waals surface area (Å²) in [7, 11) is 0. The van der Waals surface area contributed by atoms with Crippen LogP contribution in [0.15, 0.2) is 30.3 Å². The molecular formula is C20H31N3O. The SMILES string of the molecule is CC(=O)N1CCCN([C@@H]2CN(CCc3ccccc3)C[C@H]2C)CC1. The Morgan fingerprint density at radius 1 is 1.08 bits per heavy atom. The molecule has 0 saturated carbocycles. The molecular weight excluding hydrogens is 298 g/mol. The maximum atomic E-state index is 11.6. The molecule has 1 amide bonds. The standard InChI is InChI=1S/C20H31N3O/c1-17-15-21(12-9-19-7-4-3-5-8-19)16-20(17)23-11-6-10-22(13-14-23)18(2)24/h3-5,7-8,17,20H,6,9-16H2,1-2H3/t17-,20-/m1/s1. The highest BCUT2D eigenvalue weighted by molar-refractivity contribution is 5.73. The van der Waals surface area contributed by atoms with Crippen molar-refractivity contribution in [3.63, 3.8) is 0 Å². The fraction of sp³-hybridized carbons (Fsp3) is 0.650.